The summed E-state index contributed by atoms with van der Waals surface area (Å²) in [6.07, 6.45) is 0.845. The maximum atomic E-state index is 12.5. The summed E-state index contributed by atoms with van der Waals surface area (Å²) in [6.45, 7) is 2.57. The maximum absolute atomic E-state index is 12.5. The van der Waals surface area contributed by atoms with Crippen LogP contribution in [0.2, 0.25) is 0 Å². The van der Waals surface area contributed by atoms with Crippen molar-refractivity contribution in [1.82, 2.24) is 4.98 Å². The van der Waals surface area contributed by atoms with E-state index in [2.05, 4.69) is 4.98 Å². The molecule has 1 aliphatic rings. The van der Waals surface area contributed by atoms with Crippen molar-refractivity contribution in [3.63, 3.8) is 0 Å². The molecule has 1 aliphatic heterocycles. The number of hydrogen-bond donors (Lipinski definition) is 1. The predicted molar refractivity (Wildman–Crippen MR) is 75.2 cm³/mol. The van der Waals surface area contributed by atoms with Gasteiger partial charge in [0.25, 0.3) is 5.91 Å². The van der Waals surface area contributed by atoms with E-state index in [1.54, 1.807) is 11.0 Å². The normalized spacial score (nSPS) is 13.4. The van der Waals surface area contributed by atoms with Gasteiger partial charge in [-0.25, -0.2) is 4.98 Å². The SMILES string of the molecule is Cc1cccc(C(=O)N2CCc3cc(N)ccc32)n1. The number of aromatic nitrogens is 1. The van der Waals surface area contributed by atoms with E-state index in [4.69, 9.17) is 5.73 Å². The topological polar surface area (TPSA) is 59.2 Å². The van der Waals surface area contributed by atoms with E-state index in [1.165, 1.54) is 0 Å². The van der Waals surface area contributed by atoms with Gasteiger partial charge in [0, 0.05) is 23.6 Å². The van der Waals surface area contributed by atoms with E-state index < -0.39 is 0 Å². The molecule has 1 amide bonds. The van der Waals surface area contributed by atoms with Crippen LogP contribution >= 0.6 is 0 Å². The van der Waals surface area contributed by atoms with Crippen LogP contribution < -0.4 is 10.6 Å². The van der Waals surface area contributed by atoms with E-state index in [1.807, 2.05) is 37.3 Å². The quantitative estimate of drug-likeness (QED) is 0.792. The molecule has 2 aromatic rings. The summed E-state index contributed by atoms with van der Waals surface area (Å²) in [5.74, 6) is -0.0489. The van der Waals surface area contributed by atoms with E-state index in [9.17, 15) is 4.79 Å². The third-order valence-electron chi connectivity index (χ3n) is 3.35. The zero-order chi connectivity index (χ0) is 13.4. The Morgan fingerprint density at radius 1 is 1.32 bits per heavy atom. The predicted octanol–water partition coefficient (Wildman–Crippen LogP) is 2.18. The molecule has 0 atom stereocenters. The molecule has 2 heterocycles. The third-order valence-corrected chi connectivity index (χ3v) is 3.35. The van der Waals surface area contributed by atoms with Crippen LogP contribution in [0.5, 0.6) is 0 Å². The van der Waals surface area contributed by atoms with Gasteiger partial charge < -0.3 is 10.6 Å². The van der Waals surface area contributed by atoms with Gasteiger partial charge >= 0.3 is 0 Å². The number of nitrogens with two attached hydrogens (primary N) is 1. The minimum atomic E-state index is -0.0489. The lowest BCUT2D eigenvalue weighted by atomic mass is 10.1. The van der Waals surface area contributed by atoms with Gasteiger partial charge in [-0.05, 0) is 49.2 Å². The smallest absolute Gasteiger partial charge is 0.276 e. The molecule has 1 aromatic heterocycles. The Balaban J connectivity index is 1.95. The highest BCUT2D eigenvalue weighted by Crippen LogP contribution is 2.30. The molecule has 0 fully saturated rings. The van der Waals surface area contributed by atoms with E-state index in [0.717, 1.165) is 29.1 Å². The van der Waals surface area contributed by atoms with Gasteiger partial charge in [-0.1, -0.05) is 6.07 Å². The minimum Gasteiger partial charge on any atom is -0.399 e. The van der Waals surface area contributed by atoms with Crippen LogP contribution in [-0.4, -0.2) is 17.4 Å². The number of pyridine rings is 1. The lowest BCUT2D eigenvalue weighted by molar-refractivity contribution is 0.0984. The summed E-state index contributed by atoms with van der Waals surface area (Å²) in [7, 11) is 0. The molecule has 0 bridgehead atoms. The minimum absolute atomic E-state index is 0.0489. The molecule has 0 radical (unpaired) electrons. The van der Waals surface area contributed by atoms with Crippen molar-refractivity contribution in [2.24, 2.45) is 0 Å². The fraction of sp³-hybridized carbons (Fsp3) is 0.200. The molecule has 19 heavy (non-hydrogen) atoms. The number of nitrogens with zero attached hydrogens (tertiary/aromatic N) is 2. The van der Waals surface area contributed by atoms with Crippen molar-refractivity contribution in [3.8, 4) is 0 Å². The fourth-order valence-electron chi connectivity index (χ4n) is 2.43. The largest absolute Gasteiger partial charge is 0.399 e. The summed E-state index contributed by atoms with van der Waals surface area (Å²) in [6, 6.07) is 11.2. The summed E-state index contributed by atoms with van der Waals surface area (Å²) in [5.41, 5.74) is 9.92. The Morgan fingerprint density at radius 3 is 2.95 bits per heavy atom. The van der Waals surface area contributed by atoms with Crippen LogP contribution in [0.4, 0.5) is 11.4 Å². The molecular weight excluding hydrogens is 238 g/mol. The number of fused-ring (bicyclic) bond motifs is 1. The Hall–Kier alpha value is -2.36. The number of nitrogen functional groups attached to an aromatic ring is 1. The number of rotatable bonds is 1. The molecule has 1 aromatic carbocycles. The highest BCUT2D eigenvalue weighted by atomic mass is 16.2. The lowest BCUT2D eigenvalue weighted by Crippen LogP contribution is -2.29. The molecule has 0 aliphatic carbocycles. The molecular formula is C15H15N3O. The Morgan fingerprint density at radius 2 is 2.16 bits per heavy atom. The number of aryl methyl sites for hydroxylation is 1. The number of hydrogen-bond acceptors (Lipinski definition) is 3. The van der Waals surface area contributed by atoms with Crippen LogP contribution in [0.1, 0.15) is 21.7 Å². The fourth-order valence-corrected chi connectivity index (χ4v) is 2.43. The first-order chi connectivity index (χ1) is 9.15. The Labute approximate surface area is 111 Å². The van der Waals surface area contributed by atoms with Crippen LogP contribution in [0.25, 0.3) is 0 Å². The molecule has 0 saturated heterocycles. The highest BCUT2D eigenvalue weighted by Gasteiger charge is 2.26. The van der Waals surface area contributed by atoms with Gasteiger partial charge in [-0.2, -0.15) is 0 Å². The second-order valence-corrected chi connectivity index (χ2v) is 4.76. The van der Waals surface area contributed by atoms with Crippen molar-refractivity contribution in [3.05, 3.63) is 53.3 Å². The van der Waals surface area contributed by atoms with E-state index in [-0.39, 0.29) is 5.91 Å². The number of benzene rings is 1. The molecule has 0 spiro atoms. The van der Waals surface area contributed by atoms with Crippen molar-refractivity contribution in [1.29, 1.82) is 0 Å². The Bertz CT molecular complexity index is 652. The van der Waals surface area contributed by atoms with Gasteiger partial charge in [-0.15, -0.1) is 0 Å². The molecule has 0 unspecified atom stereocenters. The molecule has 4 nitrogen and oxygen atoms in total. The summed E-state index contributed by atoms with van der Waals surface area (Å²) in [5, 5.41) is 0. The van der Waals surface area contributed by atoms with Gasteiger partial charge in [0.15, 0.2) is 0 Å². The molecule has 4 heteroatoms. The van der Waals surface area contributed by atoms with Gasteiger partial charge in [0.05, 0.1) is 0 Å². The number of carbonyl (C=O) groups excluding carboxylic acids is 1. The van der Waals surface area contributed by atoms with Gasteiger partial charge in [-0.3, -0.25) is 4.79 Å². The average molecular weight is 253 g/mol. The molecule has 0 saturated carbocycles. The number of amides is 1. The maximum Gasteiger partial charge on any atom is 0.276 e. The van der Waals surface area contributed by atoms with Crippen LogP contribution in [0, 0.1) is 6.92 Å². The van der Waals surface area contributed by atoms with E-state index >= 15 is 0 Å². The number of anilines is 2. The van der Waals surface area contributed by atoms with E-state index in [0.29, 0.717) is 12.2 Å². The monoisotopic (exact) mass is 253 g/mol. The first-order valence-corrected chi connectivity index (χ1v) is 6.29. The van der Waals surface area contributed by atoms with Crippen LogP contribution in [-0.2, 0) is 6.42 Å². The molecule has 96 valence electrons. The first-order valence-electron chi connectivity index (χ1n) is 6.29. The number of carbonyl (C=O) groups is 1. The van der Waals surface area contributed by atoms with Crippen molar-refractivity contribution < 1.29 is 4.79 Å². The average Bonchev–Trinajstić information content (AvgIpc) is 2.80. The first kappa shape index (κ1) is 11.7. The summed E-state index contributed by atoms with van der Waals surface area (Å²) < 4.78 is 0. The third kappa shape index (κ3) is 2.05. The Kier molecular flexibility index (Phi) is 2.71. The second-order valence-electron chi connectivity index (χ2n) is 4.76. The zero-order valence-electron chi connectivity index (χ0n) is 10.8. The van der Waals surface area contributed by atoms with Gasteiger partial charge in [0.2, 0.25) is 0 Å². The molecule has 3 rings (SSSR count). The standard InChI is InChI=1S/C15H15N3O/c1-10-3-2-4-13(17-10)15(19)18-8-7-11-9-12(16)5-6-14(11)18/h2-6,9H,7-8,16H2,1H3. The summed E-state index contributed by atoms with van der Waals surface area (Å²) >= 11 is 0. The lowest BCUT2D eigenvalue weighted by Gasteiger charge is -2.17. The van der Waals surface area contributed by atoms with Crippen molar-refractivity contribution in [2.75, 3.05) is 17.2 Å². The highest BCUT2D eigenvalue weighted by molar-refractivity contribution is 6.06. The second kappa shape index (κ2) is 4.39. The zero-order valence-corrected chi connectivity index (χ0v) is 10.8. The van der Waals surface area contributed by atoms with Crippen molar-refractivity contribution >= 4 is 17.3 Å². The van der Waals surface area contributed by atoms with Crippen LogP contribution in [0.15, 0.2) is 36.4 Å². The summed E-state index contributed by atoms with van der Waals surface area (Å²) in [4.78, 5) is 18.5. The van der Waals surface area contributed by atoms with Crippen LogP contribution in [0.3, 0.4) is 0 Å². The molecule has 2 N–H and O–H groups in total. The van der Waals surface area contributed by atoms with Gasteiger partial charge in [0.1, 0.15) is 5.69 Å². The van der Waals surface area contributed by atoms with Crippen molar-refractivity contribution in [2.45, 2.75) is 13.3 Å².